The van der Waals surface area contributed by atoms with Crippen LogP contribution >= 0.6 is 22.6 Å². The fourth-order valence-corrected chi connectivity index (χ4v) is 1.21. The summed E-state index contributed by atoms with van der Waals surface area (Å²) < 4.78 is -0.494. The van der Waals surface area contributed by atoms with Crippen LogP contribution in [-0.2, 0) is 0 Å². The summed E-state index contributed by atoms with van der Waals surface area (Å²) in [5.41, 5.74) is 0. The van der Waals surface area contributed by atoms with Gasteiger partial charge in [-0.15, -0.1) is 0 Å². The van der Waals surface area contributed by atoms with Crippen LogP contribution in [0.1, 0.15) is 32.6 Å². The highest BCUT2D eigenvalue weighted by Gasteiger charge is 2.28. The van der Waals surface area contributed by atoms with E-state index in [1.165, 1.54) is 0 Å². The quantitative estimate of drug-likeness (QED) is 0.303. The van der Waals surface area contributed by atoms with Crippen LogP contribution in [0.25, 0.3) is 0 Å². The molecule has 68 valence electrons. The van der Waals surface area contributed by atoms with E-state index in [1.807, 2.05) is 22.6 Å². The average molecular weight is 274 g/mol. The molecule has 0 aliphatic carbocycles. The lowest BCUT2D eigenvalue weighted by Gasteiger charge is -2.20. The van der Waals surface area contributed by atoms with E-state index in [9.17, 15) is 0 Å². The van der Waals surface area contributed by atoms with Gasteiger partial charge in [0.1, 0.15) is 0 Å². The molecule has 0 aromatic heterocycles. The maximum atomic E-state index is 8.69. The monoisotopic (exact) mass is 274 g/mol. The van der Waals surface area contributed by atoms with Gasteiger partial charge in [-0.3, -0.25) is 0 Å². The number of alkyl halides is 1. The van der Waals surface area contributed by atoms with Gasteiger partial charge in [0.25, 0.3) is 5.97 Å². The van der Waals surface area contributed by atoms with Crippen molar-refractivity contribution < 1.29 is 15.3 Å². The van der Waals surface area contributed by atoms with E-state index >= 15 is 0 Å². The van der Waals surface area contributed by atoms with Crippen LogP contribution in [0.15, 0.2) is 0 Å². The Hall–Kier alpha value is 0.610. The van der Waals surface area contributed by atoms with Gasteiger partial charge in [-0.05, 0) is 6.42 Å². The zero-order chi connectivity index (χ0) is 8.91. The summed E-state index contributed by atoms with van der Waals surface area (Å²) in [5, 5.41) is 26.1. The molecular weight excluding hydrogens is 259 g/mol. The van der Waals surface area contributed by atoms with Crippen molar-refractivity contribution in [3.8, 4) is 0 Å². The second kappa shape index (κ2) is 5.29. The van der Waals surface area contributed by atoms with Crippen LogP contribution in [0.2, 0.25) is 0 Å². The number of hydrogen-bond donors (Lipinski definition) is 3. The van der Waals surface area contributed by atoms with Crippen LogP contribution in [0.4, 0.5) is 0 Å². The highest BCUT2D eigenvalue weighted by molar-refractivity contribution is 14.1. The zero-order valence-corrected chi connectivity index (χ0v) is 8.78. The first-order valence-electron chi connectivity index (χ1n) is 3.79. The molecule has 0 aromatic carbocycles. The number of aliphatic hydroxyl groups is 3. The summed E-state index contributed by atoms with van der Waals surface area (Å²) in [6, 6.07) is 0. The molecule has 4 heteroatoms. The van der Waals surface area contributed by atoms with Crippen molar-refractivity contribution in [1.82, 2.24) is 0 Å². The molecule has 11 heavy (non-hydrogen) atoms. The smallest absolute Gasteiger partial charge is 0.287 e. The molecular formula is C7H15IO3. The highest BCUT2D eigenvalue weighted by atomic mass is 127. The van der Waals surface area contributed by atoms with Crippen molar-refractivity contribution in [2.45, 2.75) is 42.5 Å². The number of hydrogen-bond acceptors (Lipinski definition) is 3. The Kier molecular flexibility index (Phi) is 5.58. The van der Waals surface area contributed by atoms with Gasteiger partial charge in [-0.2, -0.15) is 0 Å². The van der Waals surface area contributed by atoms with E-state index in [1.54, 1.807) is 0 Å². The Morgan fingerprint density at radius 1 is 1.27 bits per heavy atom. The van der Waals surface area contributed by atoms with Crippen LogP contribution in [0, 0.1) is 0 Å². The predicted molar refractivity (Wildman–Crippen MR) is 51.3 cm³/mol. The van der Waals surface area contributed by atoms with E-state index in [4.69, 9.17) is 15.3 Å². The van der Waals surface area contributed by atoms with Crippen molar-refractivity contribution in [3.05, 3.63) is 0 Å². The lowest BCUT2D eigenvalue weighted by molar-refractivity contribution is -0.307. The van der Waals surface area contributed by atoms with Gasteiger partial charge >= 0.3 is 0 Å². The van der Waals surface area contributed by atoms with E-state index in [0.717, 1.165) is 19.3 Å². The molecule has 0 aliphatic rings. The van der Waals surface area contributed by atoms with Crippen LogP contribution < -0.4 is 0 Å². The van der Waals surface area contributed by atoms with Crippen molar-refractivity contribution in [1.29, 1.82) is 0 Å². The van der Waals surface area contributed by atoms with Gasteiger partial charge in [0, 0.05) is 0 Å². The molecule has 0 saturated heterocycles. The molecule has 0 amide bonds. The number of rotatable bonds is 5. The molecule has 0 bridgehead atoms. The summed E-state index contributed by atoms with van der Waals surface area (Å²) in [6.45, 7) is 2.08. The normalized spacial score (nSPS) is 15.0. The molecule has 0 spiro atoms. The lowest BCUT2D eigenvalue weighted by atomic mass is 10.1. The van der Waals surface area contributed by atoms with Gasteiger partial charge in [0.15, 0.2) is 0 Å². The Labute approximate surface area is 80.6 Å². The topological polar surface area (TPSA) is 60.7 Å². The van der Waals surface area contributed by atoms with Crippen molar-refractivity contribution in [3.63, 3.8) is 0 Å². The van der Waals surface area contributed by atoms with Gasteiger partial charge in [0.05, 0.1) is 3.92 Å². The summed E-state index contributed by atoms with van der Waals surface area (Å²) in [4.78, 5) is 0. The summed E-state index contributed by atoms with van der Waals surface area (Å²) in [6.07, 6.45) is 3.72. The van der Waals surface area contributed by atoms with Gasteiger partial charge in [-0.25, -0.2) is 0 Å². The SMILES string of the molecule is CCCCCC(I)C(O)(O)O. The van der Waals surface area contributed by atoms with Crippen molar-refractivity contribution in [2.24, 2.45) is 0 Å². The molecule has 3 N–H and O–H groups in total. The average Bonchev–Trinajstić information content (AvgIpc) is 1.86. The second-order valence-corrected chi connectivity index (χ2v) is 4.15. The Morgan fingerprint density at radius 3 is 2.18 bits per heavy atom. The zero-order valence-electron chi connectivity index (χ0n) is 6.63. The minimum absolute atomic E-state index is 0.494. The minimum atomic E-state index is -2.51. The maximum absolute atomic E-state index is 8.69. The molecule has 0 aromatic rings. The Morgan fingerprint density at radius 2 is 1.82 bits per heavy atom. The van der Waals surface area contributed by atoms with Gasteiger partial charge in [0.2, 0.25) is 0 Å². The Balaban J connectivity index is 3.44. The standard InChI is InChI=1S/C7H15IO3/c1-2-3-4-5-6(8)7(9,10)11/h6,9-11H,2-5H2,1H3. The van der Waals surface area contributed by atoms with Gasteiger partial charge in [-0.1, -0.05) is 48.8 Å². The van der Waals surface area contributed by atoms with Crippen LogP contribution in [0.3, 0.4) is 0 Å². The third-order valence-corrected chi connectivity index (χ3v) is 2.94. The van der Waals surface area contributed by atoms with E-state index < -0.39 is 9.90 Å². The molecule has 0 radical (unpaired) electrons. The second-order valence-electron chi connectivity index (χ2n) is 2.65. The van der Waals surface area contributed by atoms with E-state index in [2.05, 4.69) is 6.92 Å². The molecule has 0 fully saturated rings. The van der Waals surface area contributed by atoms with Crippen molar-refractivity contribution in [2.75, 3.05) is 0 Å². The Bertz CT molecular complexity index is 100. The summed E-state index contributed by atoms with van der Waals surface area (Å²) >= 11 is 1.84. The maximum Gasteiger partial charge on any atom is 0.287 e. The van der Waals surface area contributed by atoms with Crippen molar-refractivity contribution >= 4 is 22.6 Å². The molecule has 0 saturated carbocycles. The minimum Gasteiger partial charge on any atom is -0.343 e. The third kappa shape index (κ3) is 5.84. The van der Waals surface area contributed by atoms with E-state index in [-0.39, 0.29) is 0 Å². The third-order valence-electron chi connectivity index (χ3n) is 1.48. The first-order valence-corrected chi connectivity index (χ1v) is 5.04. The number of halogens is 1. The molecule has 1 unspecified atom stereocenters. The molecule has 0 heterocycles. The molecule has 0 aliphatic heterocycles. The molecule has 3 nitrogen and oxygen atoms in total. The fourth-order valence-electron chi connectivity index (χ4n) is 0.767. The fraction of sp³-hybridized carbons (Fsp3) is 1.00. The predicted octanol–water partition coefficient (Wildman–Crippen LogP) is 1.00. The molecule has 1 atom stereocenters. The van der Waals surface area contributed by atoms with Gasteiger partial charge < -0.3 is 15.3 Å². The van der Waals surface area contributed by atoms with E-state index in [0.29, 0.717) is 6.42 Å². The van der Waals surface area contributed by atoms with Crippen LogP contribution in [-0.4, -0.2) is 25.2 Å². The highest BCUT2D eigenvalue weighted by Crippen LogP contribution is 2.19. The van der Waals surface area contributed by atoms with Crippen LogP contribution in [0.5, 0.6) is 0 Å². The summed E-state index contributed by atoms with van der Waals surface area (Å²) in [7, 11) is 0. The molecule has 0 rings (SSSR count). The summed E-state index contributed by atoms with van der Waals surface area (Å²) in [5.74, 6) is -2.51. The first kappa shape index (κ1) is 11.6. The lowest BCUT2D eigenvalue weighted by Crippen LogP contribution is -2.37. The largest absolute Gasteiger partial charge is 0.343 e. The first-order chi connectivity index (χ1) is 4.98. The number of unbranched alkanes of at least 4 members (excludes halogenated alkanes) is 2.